The normalized spacial score (nSPS) is 14.9. The second-order valence-corrected chi connectivity index (χ2v) is 7.56. The van der Waals surface area contributed by atoms with Crippen molar-refractivity contribution >= 4 is 28.4 Å². The van der Waals surface area contributed by atoms with Gasteiger partial charge in [-0.3, -0.25) is 4.68 Å². The van der Waals surface area contributed by atoms with Gasteiger partial charge in [-0.1, -0.05) is 0 Å². The van der Waals surface area contributed by atoms with Gasteiger partial charge in [0, 0.05) is 38.1 Å². The van der Waals surface area contributed by atoms with Crippen LogP contribution in [0.2, 0.25) is 0 Å². The van der Waals surface area contributed by atoms with E-state index in [2.05, 4.69) is 20.3 Å². The molecule has 3 aromatic rings. The number of pyridine rings is 1. The van der Waals surface area contributed by atoms with Gasteiger partial charge in [0.25, 0.3) is 0 Å². The zero-order valence-corrected chi connectivity index (χ0v) is 17.5. The molecule has 0 radical (unpaired) electrons. The molecule has 8 heteroatoms. The molecule has 7 nitrogen and oxygen atoms in total. The Kier molecular flexibility index (Phi) is 5.57. The third-order valence-corrected chi connectivity index (χ3v) is 5.52. The summed E-state index contributed by atoms with van der Waals surface area (Å²) in [7, 11) is 1.86. The number of nitrogens with zero attached hydrogens (tertiary/aromatic N) is 4. The highest BCUT2D eigenvalue weighted by Crippen LogP contribution is 2.34. The fraction of sp³-hybridized carbons (Fsp3) is 0.409. The molecule has 1 fully saturated rings. The summed E-state index contributed by atoms with van der Waals surface area (Å²) in [6.45, 7) is 5.60. The second-order valence-electron chi connectivity index (χ2n) is 7.56. The number of carbonyl (C=O) groups is 1. The first-order valence-corrected chi connectivity index (χ1v) is 10.2. The Balaban J connectivity index is 1.60. The molecule has 2 aromatic heterocycles. The van der Waals surface area contributed by atoms with Crippen molar-refractivity contribution in [3.8, 4) is 0 Å². The zero-order chi connectivity index (χ0) is 21.3. The molecule has 1 aliphatic heterocycles. The maximum atomic E-state index is 13.1. The molecule has 0 spiro atoms. The average Bonchev–Trinajstić information content (AvgIpc) is 3.03. The summed E-state index contributed by atoms with van der Waals surface area (Å²) >= 11 is 0. The number of fused-ring (bicyclic) bond motifs is 1. The van der Waals surface area contributed by atoms with Crippen molar-refractivity contribution in [2.45, 2.75) is 32.7 Å². The molecule has 1 N–H and O–H groups in total. The van der Waals surface area contributed by atoms with Crippen LogP contribution in [0.15, 0.2) is 30.5 Å². The number of hydrogen-bond donors (Lipinski definition) is 1. The summed E-state index contributed by atoms with van der Waals surface area (Å²) < 4.78 is 20.2. The van der Waals surface area contributed by atoms with Crippen molar-refractivity contribution in [1.29, 1.82) is 0 Å². The van der Waals surface area contributed by atoms with Gasteiger partial charge in [0.1, 0.15) is 11.4 Å². The molecule has 0 aliphatic carbocycles. The number of piperidine rings is 1. The van der Waals surface area contributed by atoms with Gasteiger partial charge >= 0.3 is 5.97 Å². The fourth-order valence-electron chi connectivity index (χ4n) is 4.11. The van der Waals surface area contributed by atoms with Crippen LogP contribution in [-0.4, -0.2) is 46.5 Å². The van der Waals surface area contributed by atoms with Crippen molar-refractivity contribution in [3.63, 3.8) is 0 Å². The third-order valence-electron chi connectivity index (χ3n) is 5.52. The number of aromatic nitrogens is 3. The van der Waals surface area contributed by atoms with Crippen LogP contribution < -0.4 is 10.2 Å². The van der Waals surface area contributed by atoms with E-state index in [0.717, 1.165) is 54.0 Å². The maximum absolute atomic E-state index is 13.1. The summed E-state index contributed by atoms with van der Waals surface area (Å²) in [5.41, 5.74) is 3.83. The molecular weight excluding hydrogens is 385 g/mol. The first kappa shape index (κ1) is 20.1. The van der Waals surface area contributed by atoms with Crippen LogP contribution in [0.3, 0.4) is 0 Å². The van der Waals surface area contributed by atoms with E-state index in [0.29, 0.717) is 12.2 Å². The Morgan fingerprint density at radius 3 is 2.63 bits per heavy atom. The van der Waals surface area contributed by atoms with Crippen LogP contribution in [0.1, 0.15) is 35.8 Å². The minimum atomic E-state index is -0.364. The lowest BCUT2D eigenvalue weighted by Gasteiger charge is -2.35. The Morgan fingerprint density at radius 2 is 1.97 bits per heavy atom. The van der Waals surface area contributed by atoms with Crippen LogP contribution in [0.25, 0.3) is 11.0 Å². The largest absolute Gasteiger partial charge is 0.462 e. The Bertz CT molecular complexity index is 1060. The van der Waals surface area contributed by atoms with Crippen LogP contribution >= 0.6 is 0 Å². The van der Waals surface area contributed by atoms with Crippen molar-refractivity contribution < 1.29 is 13.9 Å². The van der Waals surface area contributed by atoms with Gasteiger partial charge in [-0.15, -0.1) is 0 Å². The molecule has 1 saturated heterocycles. The second kappa shape index (κ2) is 8.30. The average molecular weight is 411 g/mol. The Labute approximate surface area is 174 Å². The summed E-state index contributed by atoms with van der Waals surface area (Å²) in [5, 5.41) is 8.88. The van der Waals surface area contributed by atoms with E-state index in [1.807, 2.05) is 14.0 Å². The fourth-order valence-corrected chi connectivity index (χ4v) is 4.11. The zero-order valence-electron chi connectivity index (χ0n) is 17.5. The first-order chi connectivity index (χ1) is 14.5. The van der Waals surface area contributed by atoms with Crippen LogP contribution in [0.4, 0.5) is 15.8 Å². The summed E-state index contributed by atoms with van der Waals surface area (Å²) in [6, 6.07) is 6.71. The molecule has 1 aromatic carbocycles. The third kappa shape index (κ3) is 3.81. The Morgan fingerprint density at radius 1 is 1.27 bits per heavy atom. The van der Waals surface area contributed by atoms with E-state index in [9.17, 15) is 9.18 Å². The van der Waals surface area contributed by atoms with Gasteiger partial charge < -0.3 is 15.0 Å². The van der Waals surface area contributed by atoms with Gasteiger partial charge in [-0.05, 0) is 51.0 Å². The highest BCUT2D eigenvalue weighted by atomic mass is 19.1. The predicted molar refractivity (Wildman–Crippen MR) is 114 cm³/mol. The van der Waals surface area contributed by atoms with E-state index >= 15 is 0 Å². The van der Waals surface area contributed by atoms with Crippen molar-refractivity contribution in [2.24, 2.45) is 7.05 Å². The van der Waals surface area contributed by atoms with E-state index in [-0.39, 0.29) is 17.8 Å². The molecule has 0 saturated carbocycles. The molecule has 3 heterocycles. The number of carbonyl (C=O) groups excluding carboxylic acids is 1. The molecule has 1 aliphatic rings. The highest BCUT2D eigenvalue weighted by Gasteiger charge is 2.28. The first-order valence-electron chi connectivity index (χ1n) is 10.2. The summed E-state index contributed by atoms with van der Waals surface area (Å²) in [6.07, 6.45) is 3.38. The van der Waals surface area contributed by atoms with E-state index in [1.54, 1.807) is 29.9 Å². The van der Waals surface area contributed by atoms with E-state index < -0.39 is 0 Å². The van der Waals surface area contributed by atoms with E-state index in [1.165, 1.54) is 12.1 Å². The highest BCUT2D eigenvalue weighted by molar-refractivity contribution is 6.05. The van der Waals surface area contributed by atoms with Crippen molar-refractivity contribution in [1.82, 2.24) is 14.8 Å². The standard InChI is InChI=1S/C22H26FN5O2/c1-4-30-22(29)18-13-24-21-19(14(2)26-27(21)3)20(18)28-11-9-17(10-12-28)25-16-7-5-15(23)6-8-16/h5-8,13,17,25H,4,9-12H2,1-3H3. The van der Waals surface area contributed by atoms with Crippen LogP contribution in [-0.2, 0) is 11.8 Å². The van der Waals surface area contributed by atoms with Gasteiger partial charge in [0.2, 0.25) is 0 Å². The van der Waals surface area contributed by atoms with Crippen molar-refractivity contribution in [2.75, 3.05) is 29.9 Å². The lowest BCUT2D eigenvalue weighted by atomic mass is 10.0. The number of hydrogen-bond acceptors (Lipinski definition) is 6. The number of esters is 1. The van der Waals surface area contributed by atoms with Crippen molar-refractivity contribution in [3.05, 3.63) is 47.5 Å². The minimum absolute atomic E-state index is 0.240. The molecule has 0 unspecified atom stereocenters. The topological polar surface area (TPSA) is 72.3 Å². The van der Waals surface area contributed by atoms with Gasteiger partial charge in [0.15, 0.2) is 5.65 Å². The van der Waals surface area contributed by atoms with Crippen LogP contribution in [0, 0.1) is 12.7 Å². The number of anilines is 2. The molecule has 158 valence electrons. The number of aryl methyl sites for hydroxylation is 2. The number of rotatable bonds is 5. The molecule has 0 atom stereocenters. The number of halogens is 1. The maximum Gasteiger partial charge on any atom is 0.341 e. The number of nitrogens with one attached hydrogen (secondary N) is 1. The van der Waals surface area contributed by atoms with Gasteiger partial charge in [-0.25, -0.2) is 14.2 Å². The van der Waals surface area contributed by atoms with E-state index in [4.69, 9.17) is 4.74 Å². The predicted octanol–water partition coefficient (Wildman–Crippen LogP) is 3.67. The smallest absolute Gasteiger partial charge is 0.341 e. The van der Waals surface area contributed by atoms with Gasteiger partial charge in [0.05, 0.1) is 23.4 Å². The molecular formula is C22H26FN5O2. The lowest BCUT2D eigenvalue weighted by Crippen LogP contribution is -2.40. The SMILES string of the molecule is CCOC(=O)c1cnc2c(c(C)nn2C)c1N1CCC(Nc2ccc(F)cc2)CC1. The molecule has 4 rings (SSSR count). The van der Waals surface area contributed by atoms with Crippen LogP contribution in [0.5, 0.6) is 0 Å². The minimum Gasteiger partial charge on any atom is -0.462 e. The van der Waals surface area contributed by atoms with Gasteiger partial charge in [-0.2, -0.15) is 5.10 Å². The number of ether oxygens (including phenoxy) is 1. The molecule has 30 heavy (non-hydrogen) atoms. The summed E-state index contributed by atoms with van der Waals surface area (Å²) in [4.78, 5) is 19.3. The monoisotopic (exact) mass is 411 g/mol. The summed E-state index contributed by atoms with van der Waals surface area (Å²) in [5.74, 6) is -0.605. The Hall–Kier alpha value is -3.16. The molecule has 0 bridgehead atoms. The molecule has 0 amide bonds. The number of benzene rings is 1. The quantitative estimate of drug-likeness (QED) is 0.646. The lowest BCUT2D eigenvalue weighted by molar-refractivity contribution is 0.0526.